The van der Waals surface area contributed by atoms with Crippen LogP contribution in [0, 0.1) is 5.82 Å². The summed E-state index contributed by atoms with van der Waals surface area (Å²) in [6.45, 7) is 0. The van der Waals surface area contributed by atoms with Crippen LogP contribution in [0.3, 0.4) is 0 Å². The lowest BCUT2D eigenvalue weighted by Gasteiger charge is -2.11. The Morgan fingerprint density at radius 3 is 2.05 bits per heavy atom. The molecule has 1 heterocycles. The summed E-state index contributed by atoms with van der Waals surface area (Å²) >= 11 is 5.51. The first-order valence-corrected chi connectivity index (χ1v) is 5.65. The topological polar surface area (TPSA) is 56.7 Å². The standard InChI is InChI=1S/C10H4ClF7N4/c11-4-1-3(9(13,14)15)2-5(12)6(4)22-8(19)20-7(21-22)10(16,17)18/h1-2H,(H2,19,20,21). The van der Waals surface area contributed by atoms with E-state index in [1.807, 2.05) is 0 Å². The quantitative estimate of drug-likeness (QED) is 0.800. The van der Waals surface area contributed by atoms with E-state index in [-0.39, 0.29) is 10.7 Å². The molecule has 0 fully saturated rings. The fourth-order valence-corrected chi connectivity index (χ4v) is 1.83. The lowest BCUT2D eigenvalue weighted by molar-refractivity contribution is -0.144. The van der Waals surface area contributed by atoms with Crippen molar-refractivity contribution in [3.8, 4) is 5.69 Å². The van der Waals surface area contributed by atoms with Crippen LogP contribution in [0.15, 0.2) is 12.1 Å². The van der Waals surface area contributed by atoms with E-state index in [9.17, 15) is 30.7 Å². The maximum atomic E-state index is 13.8. The highest BCUT2D eigenvalue weighted by Gasteiger charge is 2.38. The molecular weight excluding hydrogens is 345 g/mol. The Morgan fingerprint density at radius 1 is 1.05 bits per heavy atom. The summed E-state index contributed by atoms with van der Waals surface area (Å²) in [5, 5.41) is 2.09. The fourth-order valence-electron chi connectivity index (χ4n) is 1.54. The van der Waals surface area contributed by atoms with Crippen molar-refractivity contribution in [3.05, 3.63) is 34.4 Å². The molecule has 0 aliphatic carbocycles. The Labute approximate surface area is 122 Å². The highest BCUT2D eigenvalue weighted by atomic mass is 35.5. The highest BCUT2D eigenvalue weighted by Crippen LogP contribution is 2.36. The van der Waals surface area contributed by atoms with Crippen molar-refractivity contribution in [1.82, 2.24) is 14.8 Å². The van der Waals surface area contributed by atoms with E-state index in [2.05, 4.69) is 10.1 Å². The number of nitrogens with two attached hydrogens (primary N) is 1. The summed E-state index contributed by atoms with van der Waals surface area (Å²) in [6, 6.07) is 0.407. The van der Waals surface area contributed by atoms with Crippen molar-refractivity contribution in [2.75, 3.05) is 5.73 Å². The first-order valence-electron chi connectivity index (χ1n) is 5.27. The van der Waals surface area contributed by atoms with Gasteiger partial charge >= 0.3 is 12.4 Å². The van der Waals surface area contributed by atoms with Crippen molar-refractivity contribution in [1.29, 1.82) is 0 Å². The van der Waals surface area contributed by atoms with Gasteiger partial charge in [-0.3, -0.25) is 0 Å². The zero-order valence-electron chi connectivity index (χ0n) is 10.1. The van der Waals surface area contributed by atoms with Crippen LogP contribution in [-0.4, -0.2) is 14.8 Å². The summed E-state index contributed by atoms with van der Waals surface area (Å²) in [5.41, 5.74) is 2.90. The highest BCUT2D eigenvalue weighted by molar-refractivity contribution is 6.32. The molecule has 2 rings (SSSR count). The van der Waals surface area contributed by atoms with Crippen LogP contribution in [0.2, 0.25) is 5.02 Å². The lowest BCUT2D eigenvalue weighted by atomic mass is 10.2. The molecule has 0 radical (unpaired) electrons. The van der Waals surface area contributed by atoms with E-state index in [4.69, 9.17) is 17.3 Å². The largest absolute Gasteiger partial charge is 0.453 e. The first kappa shape index (κ1) is 16.3. The first-order chi connectivity index (χ1) is 9.91. The number of hydrogen-bond acceptors (Lipinski definition) is 3. The fraction of sp³-hybridized carbons (Fsp3) is 0.200. The Balaban J connectivity index is 2.62. The number of alkyl halides is 6. The van der Waals surface area contributed by atoms with Gasteiger partial charge in [-0.15, -0.1) is 5.10 Å². The molecule has 1 aromatic carbocycles. The number of anilines is 1. The van der Waals surface area contributed by atoms with Crippen LogP contribution in [0.5, 0.6) is 0 Å². The van der Waals surface area contributed by atoms with E-state index >= 15 is 0 Å². The Hall–Kier alpha value is -2.04. The molecule has 0 amide bonds. The minimum Gasteiger partial charge on any atom is -0.368 e. The molecule has 0 aliphatic rings. The molecule has 0 saturated heterocycles. The van der Waals surface area contributed by atoms with Gasteiger partial charge in [0.05, 0.1) is 10.6 Å². The molecular formula is C10H4ClF7N4. The molecule has 1 aromatic heterocycles. The monoisotopic (exact) mass is 348 g/mol. The summed E-state index contributed by atoms with van der Waals surface area (Å²) < 4.78 is 88.8. The summed E-state index contributed by atoms with van der Waals surface area (Å²) in [5.74, 6) is -4.11. The number of hydrogen-bond donors (Lipinski definition) is 1. The number of benzene rings is 1. The van der Waals surface area contributed by atoms with Crippen molar-refractivity contribution in [3.63, 3.8) is 0 Å². The number of nitrogens with zero attached hydrogens (tertiary/aromatic N) is 3. The molecule has 2 N–H and O–H groups in total. The maximum absolute atomic E-state index is 13.8. The van der Waals surface area contributed by atoms with Gasteiger partial charge in [0.25, 0.3) is 5.82 Å². The molecule has 0 unspecified atom stereocenters. The second-order valence-electron chi connectivity index (χ2n) is 3.99. The second kappa shape index (κ2) is 5.00. The van der Waals surface area contributed by atoms with Gasteiger partial charge in [0.2, 0.25) is 5.95 Å². The molecule has 4 nitrogen and oxygen atoms in total. The van der Waals surface area contributed by atoms with Gasteiger partial charge in [-0.25, -0.2) is 4.39 Å². The average molecular weight is 349 g/mol. The Kier molecular flexibility index (Phi) is 3.71. The third-order valence-corrected chi connectivity index (χ3v) is 2.73. The van der Waals surface area contributed by atoms with Crippen molar-refractivity contribution in [2.45, 2.75) is 12.4 Å². The molecule has 12 heteroatoms. The normalized spacial score (nSPS) is 12.7. The van der Waals surface area contributed by atoms with Gasteiger partial charge in [-0.2, -0.15) is 36.0 Å². The minimum atomic E-state index is -4.96. The smallest absolute Gasteiger partial charge is 0.368 e. The van der Waals surface area contributed by atoms with Crippen LogP contribution < -0.4 is 5.73 Å². The molecule has 22 heavy (non-hydrogen) atoms. The maximum Gasteiger partial charge on any atom is 0.453 e. The molecule has 0 spiro atoms. The molecule has 0 aliphatic heterocycles. The van der Waals surface area contributed by atoms with E-state index in [1.54, 1.807) is 0 Å². The minimum absolute atomic E-state index is 0.0651. The molecule has 0 bridgehead atoms. The number of nitrogen functional groups attached to an aromatic ring is 1. The molecule has 2 aromatic rings. The zero-order chi connectivity index (χ0) is 16.9. The predicted octanol–water partition coefficient (Wildman–Crippen LogP) is 3.68. The number of aromatic nitrogens is 3. The number of rotatable bonds is 1. The molecule has 0 saturated carbocycles. The van der Waals surface area contributed by atoms with Gasteiger partial charge in [0, 0.05) is 0 Å². The Bertz CT molecular complexity index is 696. The van der Waals surface area contributed by atoms with Crippen molar-refractivity contribution in [2.24, 2.45) is 0 Å². The summed E-state index contributed by atoms with van der Waals surface area (Å²) in [6.07, 6.45) is -9.84. The van der Waals surface area contributed by atoms with E-state index < -0.39 is 46.2 Å². The second-order valence-corrected chi connectivity index (χ2v) is 4.40. The zero-order valence-corrected chi connectivity index (χ0v) is 10.9. The van der Waals surface area contributed by atoms with E-state index in [1.165, 1.54) is 0 Å². The van der Waals surface area contributed by atoms with Crippen molar-refractivity contribution >= 4 is 17.5 Å². The van der Waals surface area contributed by atoms with E-state index in [0.717, 1.165) is 0 Å². The van der Waals surface area contributed by atoms with Crippen LogP contribution in [0.4, 0.5) is 36.7 Å². The Morgan fingerprint density at radius 2 is 1.64 bits per heavy atom. The number of halogens is 8. The van der Waals surface area contributed by atoms with Gasteiger partial charge in [-0.1, -0.05) is 11.6 Å². The lowest BCUT2D eigenvalue weighted by Crippen LogP contribution is -2.11. The van der Waals surface area contributed by atoms with Gasteiger partial charge in [-0.05, 0) is 12.1 Å². The van der Waals surface area contributed by atoms with Crippen LogP contribution in [-0.2, 0) is 12.4 Å². The van der Waals surface area contributed by atoms with Crippen molar-refractivity contribution < 1.29 is 30.7 Å². The van der Waals surface area contributed by atoms with Crippen LogP contribution in [0.25, 0.3) is 5.69 Å². The summed E-state index contributed by atoms with van der Waals surface area (Å²) in [7, 11) is 0. The SMILES string of the molecule is Nc1nc(C(F)(F)F)nn1-c1c(F)cc(C(F)(F)F)cc1Cl. The predicted molar refractivity (Wildman–Crippen MR) is 60.7 cm³/mol. The molecule has 120 valence electrons. The third-order valence-electron chi connectivity index (χ3n) is 2.44. The van der Waals surface area contributed by atoms with E-state index in [0.29, 0.717) is 6.07 Å². The average Bonchev–Trinajstić information content (AvgIpc) is 2.69. The van der Waals surface area contributed by atoms with Crippen LogP contribution >= 0.6 is 11.6 Å². The van der Waals surface area contributed by atoms with Crippen LogP contribution in [0.1, 0.15) is 11.4 Å². The third kappa shape index (κ3) is 2.93. The van der Waals surface area contributed by atoms with Gasteiger partial charge in [0.1, 0.15) is 5.69 Å². The summed E-state index contributed by atoms with van der Waals surface area (Å²) in [4.78, 5) is 2.87. The molecule has 0 atom stereocenters. The van der Waals surface area contributed by atoms with Gasteiger partial charge < -0.3 is 5.73 Å². The van der Waals surface area contributed by atoms with Gasteiger partial charge in [0.15, 0.2) is 5.82 Å².